The van der Waals surface area contributed by atoms with Crippen LogP contribution in [0.3, 0.4) is 0 Å². The van der Waals surface area contributed by atoms with E-state index in [9.17, 15) is 10.1 Å². The molecule has 0 aliphatic carbocycles. The standard InChI is InChI=1S/C18H17Cl2N3O3S/c19-11-1-2-12(14(20)9-11)15-13(10-21)18(23-4-7-26-8-5-23)27-16(15)17(25)22-3-6-24/h1-2,9,24H,3-8H2,(H,22,25). The van der Waals surface area contributed by atoms with E-state index in [0.717, 1.165) is 5.00 Å². The monoisotopic (exact) mass is 425 g/mol. The van der Waals surface area contributed by atoms with Gasteiger partial charge in [-0.1, -0.05) is 29.3 Å². The number of hydrogen-bond acceptors (Lipinski definition) is 6. The summed E-state index contributed by atoms with van der Waals surface area (Å²) in [6, 6.07) is 7.20. The van der Waals surface area contributed by atoms with E-state index in [1.165, 1.54) is 11.3 Å². The molecule has 27 heavy (non-hydrogen) atoms. The van der Waals surface area contributed by atoms with Gasteiger partial charge in [0.2, 0.25) is 0 Å². The third-order valence-electron chi connectivity index (χ3n) is 4.10. The zero-order chi connectivity index (χ0) is 19.4. The lowest BCUT2D eigenvalue weighted by molar-refractivity contribution is 0.0949. The predicted octanol–water partition coefficient (Wildman–Crippen LogP) is 3.15. The number of amides is 1. The minimum atomic E-state index is -0.355. The van der Waals surface area contributed by atoms with Crippen LogP contribution in [0.5, 0.6) is 0 Å². The van der Waals surface area contributed by atoms with E-state index in [4.69, 9.17) is 33.0 Å². The van der Waals surface area contributed by atoms with Crippen LogP contribution in [0.1, 0.15) is 15.2 Å². The molecule has 142 valence electrons. The zero-order valence-corrected chi connectivity index (χ0v) is 16.6. The van der Waals surface area contributed by atoms with Crippen molar-refractivity contribution in [3.8, 4) is 17.2 Å². The van der Waals surface area contributed by atoms with Gasteiger partial charge in [-0.25, -0.2) is 0 Å². The molecular weight excluding hydrogens is 409 g/mol. The number of aliphatic hydroxyl groups excluding tert-OH is 1. The van der Waals surface area contributed by atoms with Gasteiger partial charge in [-0.2, -0.15) is 5.26 Å². The number of rotatable bonds is 5. The molecule has 0 spiro atoms. The molecule has 0 saturated carbocycles. The SMILES string of the molecule is N#Cc1c(N2CCOCC2)sc(C(=O)NCCO)c1-c1ccc(Cl)cc1Cl. The Balaban J connectivity index is 2.17. The molecule has 0 atom stereocenters. The lowest BCUT2D eigenvalue weighted by atomic mass is 10.0. The average Bonchev–Trinajstić information content (AvgIpc) is 3.06. The summed E-state index contributed by atoms with van der Waals surface area (Å²) in [7, 11) is 0. The van der Waals surface area contributed by atoms with Crippen LogP contribution in [0.15, 0.2) is 18.2 Å². The highest BCUT2D eigenvalue weighted by Gasteiger charge is 2.28. The molecule has 1 amide bonds. The number of nitrogens with one attached hydrogen (secondary N) is 1. The van der Waals surface area contributed by atoms with Gasteiger partial charge in [0.25, 0.3) is 5.91 Å². The number of aliphatic hydroxyl groups is 1. The van der Waals surface area contributed by atoms with Crippen molar-refractivity contribution >= 4 is 45.4 Å². The van der Waals surface area contributed by atoms with Crippen LogP contribution in [0.25, 0.3) is 11.1 Å². The first-order chi connectivity index (χ1) is 13.1. The van der Waals surface area contributed by atoms with Gasteiger partial charge in [-0.3, -0.25) is 4.79 Å². The van der Waals surface area contributed by atoms with Gasteiger partial charge in [0, 0.05) is 40.8 Å². The molecule has 9 heteroatoms. The van der Waals surface area contributed by atoms with E-state index in [1.54, 1.807) is 18.2 Å². The fourth-order valence-corrected chi connectivity index (χ4v) is 4.61. The first-order valence-electron chi connectivity index (χ1n) is 8.31. The molecule has 0 unspecified atom stereocenters. The van der Waals surface area contributed by atoms with Crippen LogP contribution in [0.2, 0.25) is 10.0 Å². The van der Waals surface area contributed by atoms with E-state index in [-0.39, 0.29) is 19.1 Å². The first-order valence-corrected chi connectivity index (χ1v) is 9.88. The molecule has 6 nitrogen and oxygen atoms in total. The minimum Gasteiger partial charge on any atom is -0.395 e. The van der Waals surface area contributed by atoms with Crippen molar-refractivity contribution in [3.63, 3.8) is 0 Å². The largest absolute Gasteiger partial charge is 0.395 e. The summed E-state index contributed by atoms with van der Waals surface area (Å²) in [6.45, 7) is 2.36. The van der Waals surface area contributed by atoms with Gasteiger partial charge in [0.1, 0.15) is 15.9 Å². The number of nitrogens with zero attached hydrogens (tertiary/aromatic N) is 2. The van der Waals surface area contributed by atoms with Gasteiger partial charge >= 0.3 is 0 Å². The van der Waals surface area contributed by atoms with Crippen molar-refractivity contribution < 1.29 is 14.6 Å². The molecule has 1 aliphatic heterocycles. The van der Waals surface area contributed by atoms with E-state index in [2.05, 4.69) is 11.4 Å². The Morgan fingerprint density at radius 1 is 1.37 bits per heavy atom. The number of ether oxygens (including phenoxy) is 1. The second-order valence-corrected chi connectivity index (χ2v) is 7.64. The van der Waals surface area contributed by atoms with E-state index < -0.39 is 0 Å². The molecule has 1 fully saturated rings. The number of anilines is 1. The fraction of sp³-hybridized carbons (Fsp3) is 0.333. The Morgan fingerprint density at radius 3 is 2.74 bits per heavy atom. The van der Waals surface area contributed by atoms with Crippen LogP contribution < -0.4 is 10.2 Å². The molecule has 1 aromatic carbocycles. The van der Waals surface area contributed by atoms with E-state index >= 15 is 0 Å². The number of morpholine rings is 1. The van der Waals surface area contributed by atoms with Gasteiger partial charge in [0.15, 0.2) is 0 Å². The zero-order valence-electron chi connectivity index (χ0n) is 14.3. The van der Waals surface area contributed by atoms with Crippen molar-refractivity contribution in [2.45, 2.75) is 0 Å². The quantitative estimate of drug-likeness (QED) is 0.768. The molecule has 3 rings (SSSR count). The number of thiophene rings is 1. The minimum absolute atomic E-state index is 0.124. The van der Waals surface area contributed by atoms with Crippen molar-refractivity contribution in [1.29, 1.82) is 5.26 Å². The number of nitriles is 1. The summed E-state index contributed by atoms with van der Waals surface area (Å²) >= 11 is 13.6. The number of carbonyl (C=O) groups excluding carboxylic acids is 1. The van der Waals surface area contributed by atoms with Crippen LogP contribution >= 0.6 is 34.5 Å². The van der Waals surface area contributed by atoms with Crippen molar-refractivity contribution in [2.24, 2.45) is 0 Å². The molecule has 1 aliphatic rings. The van der Waals surface area contributed by atoms with Crippen LogP contribution in [0, 0.1) is 11.3 Å². The van der Waals surface area contributed by atoms with Crippen molar-refractivity contribution in [2.75, 3.05) is 44.4 Å². The molecule has 1 saturated heterocycles. The summed E-state index contributed by atoms with van der Waals surface area (Å²) in [4.78, 5) is 15.1. The van der Waals surface area contributed by atoms with Gasteiger partial charge in [-0.15, -0.1) is 11.3 Å². The van der Waals surface area contributed by atoms with Gasteiger partial charge < -0.3 is 20.1 Å². The second kappa shape index (κ2) is 8.91. The molecule has 2 N–H and O–H groups in total. The van der Waals surface area contributed by atoms with Crippen molar-refractivity contribution in [3.05, 3.63) is 38.7 Å². The predicted molar refractivity (Wildman–Crippen MR) is 107 cm³/mol. The van der Waals surface area contributed by atoms with Crippen molar-refractivity contribution in [1.82, 2.24) is 5.32 Å². The molecule has 0 radical (unpaired) electrons. The third kappa shape index (κ3) is 4.21. The smallest absolute Gasteiger partial charge is 0.262 e. The molecule has 2 aromatic rings. The highest BCUT2D eigenvalue weighted by atomic mass is 35.5. The Hall–Kier alpha value is -1.82. The molecule has 1 aromatic heterocycles. The molecule has 0 bridgehead atoms. The number of hydrogen-bond donors (Lipinski definition) is 2. The van der Waals surface area contributed by atoms with Crippen LogP contribution in [0.4, 0.5) is 5.00 Å². The molecule has 2 heterocycles. The lowest BCUT2D eigenvalue weighted by Gasteiger charge is -2.27. The highest BCUT2D eigenvalue weighted by molar-refractivity contribution is 7.19. The Kier molecular flexibility index (Phi) is 6.58. The fourth-order valence-electron chi connectivity index (χ4n) is 2.87. The lowest BCUT2D eigenvalue weighted by Crippen LogP contribution is -2.36. The topological polar surface area (TPSA) is 85.6 Å². The summed E-state index contributed by atoms with van der Waals surface area (Å²) in [6.07, 6.45) is 0. The van der Waals surface area contributed by atoms with E-state index in [0.29, 0.717) is 57.9 Å². The normalized spacial score (nSPS) is 14.1. The summed E-state index contributed by atoms with van der Waals surface area (Å²) < 4.78 is 5.39. The Labute approximate surface area is 170 Å². The summed E-state index contributed by atoms with van der Waals surface area (Å²) in [5, 5.41) is 23.1. The molecular formula is C18H17Cl2N3O3S. The Bertz CT molecular complexity index is 889. The van der Waals surface area contributed by atoms with Gasteiger partial charge in [0.05, 0.1) is 25.4 Å². The third-order valence-corrected chi connectivity index (χ3v) is 5.90. The van der Waals surface area contributed by atoms with Crippen LogP contribution in [-0.2, 0) is 4.74 Å². The number of benzene rings is 1. The maximum absolute atomic E-state index is 12.7. The Morgan fingerprint density at radius 2 is 2.11 bits per heavy atom. The van der Waals surface area contributed by atoms with Gasteiger partial charge in [-0.05, 0) is 12.1 Å². The highest BCUT2D eigenvalue weighted by Crippen LogP contribution is 2.44. The summed E-state index contributed by atoms with van der Waals surface area (Å²) in [5.41, 5.74) is 1.46. The maximum Gasteiger partial charge on any atom is 0.262 e. The second-order valence-electron chi connectivity index (χ2n) is 5.80. The maximum atomic E-state index is 12.7. The number of halogens is 2. The van der Waals surface area contributed by atoms with Crippen LogP contribution in [-0.4, -0.2) is 50.5 Å². The first kappa shape index (κ1) is 19.9. The average molecular weight is 426 g/mol. The summed E-state index contributed by atoms with van der Waals surface area (Å²) in [5.74, 6) is -0.355. The number of carbonyl (C=O) groups is 1. The van der Waals surface area contributed by atoms with E-state index in [1.807, 2.05) is 4.90 Å².